The Labute approximate surface area is 91.0 Å². The van der Waals surface area contributed by atoms with Gasteiger partial charge in [0.15, 0.2) is 0 Å². The van der Waals surface area contributed by atoms with Crippen LogP contribution in [-0.2, 0) is 14.4 Å². The lowest BCUT2D eigenvalue weighted by Gasteiger charge is -2.14. The van der Waals surface area contributed by atoms with Crippen molar-refractivity contribution in [1.29, 1.82) is 0 Å². The van der Waals surface area contributed by atoms with Crippen molar-refractivity contribution in [1.82, 2.24) is 5.32 Å². The lowest BCUT2D eigenvalue weighted by molar-refractivity contribution is -0.142. The van der Waals surface area contributed by atoms with Crippen LogP contribution in [0.15, 0.2) is 0 Å². The number of carboxylic acid groups (broad SMARTS) is 2. The van der Waals surface area contributed by atoms with E-state index in [1.165, 1.54) is 0 Å². The van der Waals surface area contributed by atoms with Gasteiger partial charge in [0.25, 0.3) is 0 Å². The van der Waals surface area contributed by atoms with Gasteiger partial charge in [-0.25, -0.2) is 4.79 Å². The number of hydrogen-bond donors (Lipinski definition) is 5. The standard InChI is InChI=1S/C7H12N2O5S/c8-3(1-5(10)11)6(12)9-4(2-15)7(13)14/h3-4,15H,1-2,8H2,(H,9,12)(H,10,11)(H,13,14)/t3-,4+/m0/s1. The monoisotopic (exact) mass is 236 g/mol. The molecule has 0 aliphatic rings. The summed E-state index contributed by atoms with van der Waals surface area (Å²) in [6.07, 6.45) is -0.551. The number of thiol groups is 1. The van der Waals surface area contributed by atoms with Crippen molar-refractivity contribution >= 4 is 30.5 Å². The van der Waals surface area contributed by atoms with Gasteiger partial charge in [-0.3, -0.25) is 9.59 Å². The average molecular weight is 236 g/mol. The summed E-state index contributed by atoms with van der Waals surface area (Å²) in [7, 11) is 0. The van der Waals surface area contributed by atoms with Gasteiger partial charge < -0.3 is 21.3 Å². The van der Waals surface area contributed by atoms with Crippen molar-refractivity contribution in [2.75, 3.05) is 5.75 Å². The van der Waals surface area contributed by atoms with E-state index >= 15 is 0 Å². The van der Waals surface area contributed by atoms with Crippen LogP contribution in [0.4, 0.5) is 0 Å². The minimum absolute atomic E-state index is 0.0964. The molecule has 0 aromatic heterocycles. The Bertz CT molecular complexity index is 270. The lowest BCUT2D eigenvalue weighted by Crippen LogP contribution is -2.49. The van der Waals surface area contributed by atoms with Gasteiger partial charge in [-0.05, 0) is 0 Å². The second-order valence-corrected chi connectivity index (χ2v) is 3.15. The van der Waals surface area contributed by atoms with Crippen LogP contribution in [0.2, 0.25) is 0 Å². The van der Waals surface area contributed by atoms with Crippen molar-refractivity contribution in [2.24, 2.45) is 5.73 Å². The van der Waals surface area contributed by atoms with Crippen LogP contribution in [-0.4, -0.2) is 45.9 Å². The number of carbonyl (C=O) groups excluding carboxylic acids is 1. The number of rotatable bonds is 6. The number of nitrogens with two attached hydrogens (primary N) is 1. The molecule has 0 aromatic rings. The molecular weight excluding hydrogens is 224 g/mol. The van der Waals surface area contributed by atoms with Crippen LogP contribution in [0.3, 0.4) is 0 Å². The number of carboxylic acids is 2. The molecule has 0 unspecified atom stereocenters. The van der Waals surface area contributed by atoms with Crippen LogP contribution in [0.1, 0.15) is 6.42 Å². The highest BCUT2D eigenvalue weighted by atomic mass is 32.1. The predicted molar refractivity (Wildman–Crippen MR) is 53.6 cm³/mol. The highest BCUT2D eigenvalue weighted by Crippen LogP contribution is 1.93. The van der Waals surface area contributed by atoms with Crippen molar-refractivity contribution in [2.45, 2.75) is 18.5 Å². The summed E-state index contributed by atoms with van der Waals surface area (Å²) < 4.78 is 0. The molecule has 0 aliphatic carbocycles. The molecular formula is C7H12N2O5S. The van der Waals surface area contributed by atoms with E-state index in [0.717, 1.165) is 0 Å². The van der Waals surface area contributed by atoms with Gasteiger partial charge in [0.1, 0.15) is 6.04 Å². The Hall–Kier alpha value is -1.28. The molecule has 1 amide bonds. The summed E-state index contributed by atoms with van der Waals surface area (Å²) in [5.74, 6) is -3.39. The summed E-state index contributed by atoms with van der Waals surface area (Å²) in [5, 5.41) is 19.0. The minimum atomic E-state index is -1.26. The maximum absolute atomic E-state index is 11.2. The van der Waals surface area contributed by atoms with Crippen molar-refractivity contribution < 1.29 is 24.6 Å². The van der Waals surface area contributed by atoms with Crippen LogP contribution in [0.25, 0.3) is 0 Å². The van der Waals surface area contributed by atoms with Crippen molar-refractivity contribution in [3.8, 4) is 0 Å². The lowest BCUT2D eigenvalue weighted by atomic mass is 10.2. The molecule has 0 aliphatic heterocycles. The molecule has 0 saturated carbocycles. The third-order valence-electron chi connectivity index (χ3n) is 1.53. The molecule has 0 rings (SSSR count). The smallest absolute Gasteiger partial charge is 0.327 e. The van der Waals surface area contributed by atoms with Gasteiger partial charge in [-0.2, -0.15) is 12.6 Å². The fourth-order valence-corrected chi connectivity index (χ4v) is 0.993. The summed E-state index contributed by atoms with van der Waals surface area (Å²) >= 11 is 3.72. The fourth-order valence-electron chi connectivity index (χ4n) is 0.745. The Morgan fingerprint density at radius 3 is 2.20 bits per heavy atom. The quantitative estimate of drug-likeness (QED) is 0.349. The van der Waals surface area contributed by atoms with Crippen LogP contribution in [0.5, 0.6) is 0 Å². The van der Waals surface area contributed by atoms with Gasteiger partial charge >= 0.3 is 11.9 Å². The van der Waals surface area contributed by atoms with Gasteiger partial charge in [-0.1, -0.05) is 0 Å². The number of hydrogen-bond acceptors (Lipinski definition) is 5. The first-order valence-electron chi connectivity index (χ1n) is 4.00. The molecule has 7 nitrogen and oxygen atoms in total. The summed E-state index contributed by atoms with van der Waals surface area (Å²) in [5.41, 5.74) is 5.21. The Morgan fingerprint density at radius 1 is 1.33 bits per heavy atom. The van der Waals surface area contributed by atoms with Gasteiger partial charge in [0.05, 0.1) is 12.5 Å². The minimum Gasteiger partial charge on any atom is -0.481 e. The van der Waals surface area contributed by atoms with Gasteiger partial charge in [0, 0.05) is 5.75 Å². The zero-order valence-corrected chi connectivity index (χ0v) is 8.61. The number of amides is 1. The van der Waals surface area contributed by atoms with Gasteiger partial charge in [-0.15, -0.1) is 0 Å². The average Bonchev–Trinajstić information content (AvgIpc) is 2.11. The fraction of sp³-hybridized carbons (Fsp3) is 0.571. The maximum Gasteiger partial charge on any atom is 0.327 e. The normalized spacial score (nSPS) is 14.0. The van der Waals surface area contributed by atoms with E-state index in [1.54, 1.807) is 0 Å². The number of nitrogens with one attached hydrogen (secondary N) is 1. The highest BCUT2D eigenvalue weighted by Gasteiger charge is 2.23. The van der Waals surface area contributed by atoms with E-state index in [0.29, 0.717) is 0 Å². The van der Waals surface area contributed by atoms with Crippen molar-refractivity contribution in [3.05, 3.63) is 0 Å². The van der Waals surface area contributed by atoms with E-state index in [4.69, 9.17) is 15.9 Å². The van der Waals surface area contributed by atoms with Crippen LogP contribution in [0, 0.1) is 0 Å². The number of aliphatic carboxylic acids is 2. The molecule has 0 aromatic carbocycles. The topological polar surface area (TPSA) is 130 Å². The van der Waals surface area contributed by atoms with Crippen molar-refractivity contribution in [3.63, 3.8) is 0 Å². The molecule has 0 spiro atoms. The van der Waals surface area contributed by atoms with E-state index in [2.05, 4.69) is 17.9 Å². The third kappa shape index (κ3) is 5.23. The summed E-state index contributed by atoms with van der Waals surface area (Å²) in [4.78, 5) is 31.9. The first-order chi connectivity index (χ1) is 6.88. The molecule has 0 radical (unpaired) electrons. The molecule has 0 heterocycles. The third-order valence-corrected chi connectivity index (χ3v) is 1.89. The van der Waals surface area contributed by atoms with E-state index in [9.17, 15) is 14.4 Å². The molecule has 8 heteroatoms. The molecule has 86 valence electrons. The van der Waals surface area contributed by atoms with E-state index in [1.807, 2.05) is 0 Å². The summed E-state index contributed by atoms with van der Waals surface area (Å²) in [6.45, 7) is 0. The Kier molecular flexibility index (Phi) is 5.72. The van der Waals surface area contributed by atoms with E-state index < -0.39 is 36.4 Å². The van der Waals surface area contributed by atoms with E-state index in [-0.39, 0.29) is 5.75 Å². The first kappa shape index (κ1) is 13.7. The molecule has 2 atom stereocenters. The van der Waals surface area contributed by atoms with Crippen LogP contribution < -0.4 is 11.1 Å². The molecule has 0 saturated heterocycles. The first-order valence-corrected chi connectivity index (χ1v) is 4.63. The maximum atomic E-state index is 11.2. The second kappa shape index (κ2) is 6.25. The predicted octanol–water partition coefficient (Wildman–Crippen LogP) is -1.71. The molecule has 5 N–H and O–H groups in total. The molecule has 0 fully saturated rings. The zero-order chi connectivity index (χ0) is 12.0. The van der Waals surface area contributed by atoms with Gasteiger partial charge in [0.2, 0.25) is 5.91 Å². The van der Waals surface area contributed by atoms with Crippen LogP contribution >= 0.6 is 12.6 Å². The molecule has 0 bridgehead atoms. The number of carbonyl (C=O) groups is 3. The Balaban J connectivity index is 4.21. The second-order valence-electron chi connectivity index (χ2n) is 2.79. The molecule has 15 heavy (non-hydrogen) atoms. The SMILES string of the molecule is N[C@@H](CC(=O)O)C(=O)N[C@H](CS)C(=O)O. The zero-order valence-electron chi connectivity index (χ0n) is 7.71. The Morgan fingerprint density at radius 2 is 1.87 bits per heavy atom. The summed E-state index contributed by atoms with van der Waals surface area (Å²) in [6, 6.07) is -2.43. The largest absolute Gasteiger partial charge is 0.481 e. The highest BCUT2D eigenvalue weighted by molar-refractivity contribution is 7.80.